The molecule has 3 rings (SSSR count). The van der Waals surface area contributed by atoms with E-state index in [0.717, 1.165) is 5.56 Å². The fourth-order valence-corrected chi connectivity index (χ4v) is 3.46. The fourth-order valence-electron chi connectivity index (χ4n) is 3.46. The summed E-state index contributed by atoms with van der Waals surface area (Å²) < 4.78 is 11.1. The SMILES string of the molecule is CCC(=O)Oc1cc(C(C)C)ccc1C1(OC(=O)CC)C(=O)c2ccccc2C1=O. The topological polar surface area (TPSA) is 86.7 Å². The van der Waals surface area contributed by atoms with Crippen LogP contribution in [-0.4, -0.2) is 23.5 Å². The second kappa shape index (κ2) is 8.22. The molecule has 0 unspecified atom stereocenters. The minimum atomic E-state index is -2.21. The first-order valence-electron chi connectivity index (χ1n) is 10.0. The van der Waals surface area contributed by atoms with E-state index >= 15 is 0 Å². The summed E-state index contributed by atoms with van der Waals surface area (Å²) in [6, 6.07) is 11.2. The first-order valence-corrected chi connectivity index (χ1v) is 10.0. The lowest BCUT2D eigenvalue weighted by molar-refractivity contribution is -0.152. The smallest absolute Gasteiger partial charge is 0.310 e. The Hall–Kier alpha value is -3.28. The van der Waals surface area contributed by atoms with Crippen LogP contribution < -0.4 is 4.74 Å². The van der Waals surface area contributed by atoms with Crippen LogP contribution in [0.3, 0.4) is 0 Å². The highest BCUT2D eigenvalue weighted by Gasteiger charge is 2.59. The zero-order valence-electron chi connectivity index (χ0n) is 17.5. The Bertz CT molecular complexity index is 999. The highest BCUT2D eigenvalue weighted by molar-refractivity contribution is 6.32. The lowest BCUT2D eigenvalue weighted by atomic mass is 9.86. The molecule has 1 aliphatic rings. The van der Waals surface area contributed by atoms with Gasteiger partial charge in [-0.25, -0.2) is 0 Å². The van der Waals surface area contributed by atoms with Crippen LogP contribution in [0.4, 0.5) is 0 Å². The van der Waals surface area contributed by atoms with Crippen molar-refractivity contribution < 1.29 is 28.7 Å². The van der Waals surface area contributed by atoms with Gasteiger partial charge in [-0.2, -0.15) is 0 Å². The van der Waals surface area contributed by atoms with Crippen LogP contribution in [0.25, 0.3) is 0 Å². The molecule has 0 aliphatic heterocycles. The third-order valence-corrected chi connectivity index (χ3v) is 5.18. The Labute approximate surface area is 175 Å². The summed E-state index contributed by atoms with van der Waals surface area (Å²) in [4.78, 5) is 51.4. The van der Waals surface area contributed by atoms with Crippen molar-refractivity contribution >= 4 is 23.5 Å². The molecule has 6 nitrogen and oxygen atoms in total. The third-order valence-electron chi connectivity index (χ3n) is 5.18. The van der Waals surface area contributed by atoms with Crippen LogP contribution in [0.15, 0.2) is 42.5 Å². The number of ketones is 2. The number of Topliss-reactive ketones (excluding diaryl/α,β-unsaturated/α-hetero) is 2. The Morgan fingerprint density at radius 3 is 1.97 bits per heavy atom. The van der Waals surface area contributed by atoms with Crippen molar-refractivity contribution in [3.05, 3.63) is 64.7 Å². The average molecular weight is 408 g/mol. The van der Waals surface area contributed by atoms with Crippen LogP contribution >= 0.6 is 0 Å². The van der Waals surface area contributed by atoms with E-state index in [9.17, 15) is 19.2 Å². The zero-order chi connectivity index (χ0) is 22.1. The molecular formula is C24H24O6. The normalized spacial score (nSPS) is 14.6. The third kappa shape index (κ3) is 3.43. The summed E-state index contributed by atoms with van der Waals surface area (Å²) in [5.74, 6) is -2.35. The minimum absolute atomic E-state index is 0.0210. The van der Waals surface area contributed by atoms with E-state index < -0.39 is 29.1 Å². The predicted octanol–water partition coefficient (Wildman–Crippen LogP) is 4.35. The number of esters is 2. The van der Waals surface area contributed by atoms with Gasteiger partial charge in [-0.3, -0.25) is 19.2 Å². The van der Waals surface area contributed by atoms with E-state index in [2.05, 4.69) is 0 Å². The molecular weight excluding hydrogens is 384 g/mol. The molecule has 30 heavy (non-hydrogen) atoms. The van der Waals surface area contributed by atoms with Crippen molar-refractivity contribution in [3.63, 3.8) is 0 Å². The molecule has 0 saturated carbocycles. The van der Waals surface area contributed by atoms with E-state index in [1.807, 2.05) is 13.8 Å². The molecule has 0 heterocycles. The Balaban J connectivity index is 2.29. The van der Waals surface area contributed by atoms with E-state index in [0.29, 0.717) is 0 Å². The van der Waals surface area contributed by atoms with Crippen LogP contribution in [0.1, 0.15) is 78.3 Å². The molecule has 2 aromatic carbocycles. The largest absolute Gasteiger partial charge is 0.437 e. The Kier molecular flexibility index (Phi) is 5.87. The van der Waals surface area contributed by atoms with Gasteiger partial charge in [0, 0.05) is 24.0 Å². The molecule has 0 spiro atoms. The van der Waals surface area contributed by atoms with Gasteiger partial charge in [0.1, 0.15) is 5.75 Å². The van der Waals surface area contributed by atoms with Gasteiger partial charge in [0.05, 0.1) is 5.56 Å². The lowest BCUT2D eigenvalue weighted by Gasteiger charge is -2.28. The molecule has 0 atom stereocenters. The van der Waals surface area contributed by atoms with Gasteiger partial charge < -0.3 is 9.47 Å². The van der Waals surface area contributed by atoms with Crippen molar-refractivity contribution in [3.8, 4) is 5.75 Å². The molecule has 0 aromatic heterocycles. The molecule has 2 aromatic rings. The zero-order valence-corrected chi connectivity index (χ0v) is 17.5. The second-order valence-corrected chi connectivity index (χ2v) is 7.45. The Morgan fingerprint density at radius 2 is 1.47 bits per heavy atom. The number of fused-ring (bicyclic) bond motifs is 1. The Morgan fingerprint density at radius 1 is 0.900 bits per heavy atom. The van der Waals surface area contributed by atoms with Gasteiger partial charge in [-0.1, -0.05) is 58.0 Å². The number of rotatable bonds is 6. The van der Waals surface area contributed by atoms with Gasteiger partial charge in [0.25, 0.3) is 5.60 Å². The average Bonchev–Trinajstić information content (AvgIpc) is 2.96. The monoisotopic (exact) mass is 408 g/mol. The predicted molar refractivity (Wildman–Crippen MR) is 110 cm³/mol. The molecule has 156 valence electrons. The lowest BCUT2D eigenvalue weighted by Crippen LogP contribution is -2.43. The summed E-state index contributed by atoms with van der Waals surface area (Å²) in [7, 11) is 0. The van der Waals surface area contributed by atoms with Crippen molar-refractivity contribution in [2.45, 2.75) is 52.1 Å². The molecule has 0 fully saturated rings. The summed E-state index contributed by atoms with van der Waals surface area (Å²) in [6.07, 6.45) is 0.0853. The molecule has 6 heteroatoms. The van der Waals surface area contributed by atoms with Crippen LogP contribution in [0, 0.1) is 0 Å². The van der Waals surface area contributed by atoms with Gasteiger partial charge in [0.15, 0.2) is 0 Å². The first-order chi connectivity index (χ1) is 14.3. The van der Waals surface area contributed by atoms with Gasteiger partial charge in [0.2, 0.25) is 11.6 Å². The number of carbonyl (C=O) groups is 4. The quantitative estimate of drug-likeness (QED) is 0.401. The van der Waals surface area contributed by atoms with Crippen molar-refractivity contribution in [1.29, 1.82) is 0 Å². The van der Waals surface area contributed by atoms with E-state index in [1.165, 1.54) is 18.2 Å². The summed E-state index contributed by atoms with van der Waals surface area (Å²) in [5, 5.41) is 0. The van der Waals surface area contributed by atoms with E-state index in [-0.39, 0.29) is 41.2 Å². The van der Waals surface area contributed by atoms with Crippen molar-refractivity contribution in [2.24, 2.45) is 0 Å². The molecule has 0 amide bonds. The van der Waals surface area contributed by atoms with Gasteiger partial charge in [-0.05, 0) is 23.6 Å². The number of hydrogen-bond acceptors (Lipinski definition) is 6. The number of hydrogen-bond donors (Lipinski definition) is 0. The number of ether oxygens (including phenoxy) is 2. The number of benzene rings is 2. The maximum absolute atomic E-state index is 13.5. The maximum Gasteiger partial charge on any atom is 0.310 e. The molecule has 0 N–H and O–H groups in total. The summed E-state index contributed by atoms with van der Waals surface area (Å²) in [6.45, 7) is 7.15. The van der Waals surface area contributed by atoms with Crippen molar-refractivity contribution in [2.75, 3.05) is 0 Å². The summed E-state index contributed by atoms with van der Waals surface area (Å²) >= 11 is 0. The molecule has 0 bridgehead atoms. The van der Waals surface area contributed by atoms with Crippen molar-refractivity contribution in [1.82, 2.24) is 0 Å². The van der Waals surface area contributed by atoms with Gasteiger partial charge in [-0.15, -0.1) is 0 Å². The number of carbonyl (C=O) groups excluding carboxylic acids is 4. The van der Waals surface area contributed by atoms with E-state index in [1.54, 1.807) is 38.1 Å². The standard InChI is InChI=1S/C24H24O6/c1-5-20(25)29-19-13-15(14(3)4)11-12-18(19)24(30-21(26)6-2)22(27)16-9-7-8-10-17(16)23(24)28/h7-14H,5-6H2,1-4H3. The molecule has 1 aliphatic carbocycles. The fraction of sp³-hybridized carbons (Fsp3) is 0.333. The van der Waals surface area contributed by atoms with Crippen LogP contribution in [-0.2, 0) is 19.9 Å². The molecule has 0 saturated heterocycles. The molecule has 0 radical (unpaired) electrons. The maximum atomic E-state index is 13.5. The van der Waals surface area contributed by atoms with Gasteiger partial charge >= 0.3 is 11.9 Å². The first kappa shape index (κ1) is 21.4. The highest BCUT2D eigenvalue weighted by Crippen LogP contribution is 2.45. The highest BCUT2D eigenvalue weighted by atomic mass is 16.6. The van der Waals surface area contributed by atoms with Crippen LogP contribution in [0.2, 0.25) is 0 Å². The summed E-state index contributed by atoms with van der Waals surface area (Å²) in [5.41, 5.74) is -0.957. The van der Waals surface area contributed by atoms with Crippen LogP contribution in [0.5, 0.6) is 5.75 Å². The minimum Gasteiger partial charge on any atom is -0.437 e. The van der Waals surface area contributed by atoms with E-state index in [4.69, 9.17) is 9.47 Å². The second-order valence-electron chi connectivity index (χ2n) is 7.45.